The maximum Gasteiger partial charge on any atom is 0.344 e. The number of hydrogen-bond donors (Lipinski definition) is 2. The van der Waals surface area contributed by atoms with Crippen LogP contribution in [0.15, 0.2) is 22.6 Å². The fourth-order valence-electron chi connectivity index (χ4n) is 1.80. The monoisotopic (exact) mass is 285 g/mol. The molecule has 2 rings (SSSR count). The van der Waals surface area contributed by atoms with Gasteiger partial charge < -0.3 is 15.2 Å². The molecule has 0 aromatic heterocycles. The summed E-state index contributed by atoms with van der Waals surface area (Å²) in [6, 6.07) is 4.98. The van der Waals surface area contributed by atoms with Crippen molar-refractivity contribution in [2.75, 3.05) is 18.4 Å². The molecule has 1 unspecified atom stereocenters. The summed E-state index contributed by atoms with van der Waals surface area (Å²) in [5.41, 5.74) is 6.49. The molecule has 1 aromatic carbocycles. The van der Waals surface area contributed by atoms with Crippen LogP contribution >= 0.6 is 0 Å². The molecule has 1 aliphatic rings. The summed E-state index contributed by atoms with van der Waals surface area (Å²) < 4.78 is 39.2. The first-order valence-electron chi connectivity index (χ1n) is 5.60. The number of nitrogens with one attached hydrogen (secondary N) is 1. The van der Waals surface area contributed by atoms with E-state index in [1.54, 1.807) is 25.3 Å². The molecule has 104 valence electrons. The molecule has 1 atom stereocenters. The molecule has 1 heterocycles. The van der Waals surface area contributed by atoms with Gasteiger partial charge in [0, 0.05) is 7.11 Å². The van der Waals surface area contributed by atoms with Crippen LogP contribution in [-0.4, -0.2) is 34.1 Å². The number of methoxy groups -OCH3 is 1. The van der Waals surface area contributed by atoms with Crippen molar-refractivity contribution < 1.29 is 17.9 Å². The lowest BCUT2D eigenvalue weighted by Gasteiger charge is -2.21. The molecule has 0 bridgehead atoms. The van der Waals surface area contributed by atoms with Crippen molar-refractivity contribution in [3.63, 3.8) is 0 Å². The van der Waals surface area contributed by atoms with E-state index in [9.17, 15) is 8.42 Å². The van der Waals surface area contributed by atoms with Gasteiger partial charge >= 0.3 is 10.2 Å². The number of nitrogens with two attached hydrogens (primary N) is 1. The normalized spacial score (nSPS) is 17.9. The molecule has 1 aromatic rings. The van der Waals surface area contributed by atoms with E-state index in [4.69, 9.17) is 15.2 Å². The Balaban J connectivity index is 2.39. The Morgan fingerprint density at radius 2 is 2.21 bits per heavy atom. The summed E-state index contributed by atoms with van der Waals surface area (Å²) in [5.74, 6) is 0.375. The third-order valence-electron chi connectivity index (χ3n) is 2.47. The Bertz CT molecular complexity index is 612. The first kappa shape index (κ1) is 13.6. The number of anilines is 1. The van der Waals surface area contributed by atoms with E-state index in [2.05, 4.69) is 9.12 Å². The molecule has 3 N–H and O–H groups in total. The Morgan fingerprint density at radius 3 is 2.89 bits per heavy atom. The van der Waals surface area contributed by atoms with Crippen molar-refractivity contribution in [1.82, 2.24) is 0 Å². The van der Waals surface area contributed by atoms with Gasteiger partial charge in [-0.25, -0.2) is 0 Å². The maximum atomic E-state index is 11.4. The minimum absolute atomic E-state index is 0.0889. The second kappa shape index (κ2) is 5.06. The average Bonchev–Trinajstić information content (AvgIpc) is 2.26. The quantitative estimate of drug-likeness (QED) is 0.837. The van der Waals surface area contributed by atoms with Gasteiger partial charge in [0.25, 0.3) is 0 Å². The van der Waals surface area contributed by atoms with Crippen molar-refractivity contribution in [2.45, 2.75) is 13.0 Å². The Labute approximate surface area is 111 Å². The van der Waals surface area contributed by atoms with E-state index in [0.717, 1.165) is 0 Å². The Hall–Kier alpha value is -1.80. The van der Waals surface area contributed by atoms with E-state index in [1.165, 1.54) is 0 Å². The van der Waals surface area contributed by atoms with Crippen LogP contribution in [0.4, 0.5) is 5.69 Å². The van der Waals surface area contributed by atoms with Crippen LogP contribution in [0.2, 0.25) is 0 Å². The zero-order chi connectivity index (χ0) is 14.0. The van der Waals surface area contributed by atoms with Gasteiger partial charge in [0.15, 0.2) is 5.84 Å². The van der Waals surface area contributed by atoms with Gasteiger partial charge in [0.05, 0.1) is 17.9 Å². The first-order valence-corrected chi connectivity index (χ1v) is 7.04. The summed E-state index contributed by atoms with van der Waals surface area (Å²) >= 11 is 0. The smallest absolute Gasteiger partial charge is 0.344 e. The van der Waals surface area contributed by atoms with Crippen molar-refractivity contribution in [1.29, 1.82) is 0 Å². The summed E-state index contributed by atoms with van der Waals surface area (Å²) in [6.45, 7) is 2.25. The molecule has 0 amide bonds. The van der Waals surface area contributed by atoms with Crippen LogP contribution in [0.5, 0.6) is 5.75 Å². The molecular formula is C11H15N3O4S. The maximum absolute atomic E-state index is 11.4. The SMILES string of the molecule is COCC(C)Oc1cccc2c1C(N)=NS(=O)(=O)N2. The second-order valence-corrected chi connectivity index (χ2v) is 5.45. The molecule has 0 spiro atoms. The zero-order valence-electron chi connectivity index (χ0n) is 10.6. The van der Waals surface area contributed by atoms with Crippen molar-refractivity contribution in [2.24, 2.45) is 10.1 Å². The number of hydrogen-bond acceptors (Lipinski definition) is 5. The van der Waals surface area contributed by atoms with Crippen LogP contribution in [0.1, 0.15) is 12.5 Å². The van der Waals surface area contributed by atoms with Crippen molar-refractivity contribution in [3.8, 4) is 5.75 Å². The Kier molecular flexibility index (Phi) is 3.63. The van der Waals surface area contributed by atoms with Gasteiger partial charge in [0.2, 0.25) is 0 Å². The van der Waals surface area contributed by atoms with Crippen LogP contribution in [0.25, 0.3) is 0 Å². The molecule has 19 heavy (non-hydrogen) atoms. The van der Waals surface area contributed by atoms with E-state index >= 15 is 0 Å². The van der Waals surface area contributed by atoms with Crippen LogP contribution in [0.3, 0.4) is 0 Å². The highest BCUT2D eigenvalue weighted by atomic mass is 32.2. The molecule has 0 fully saturated rings. The molecule has 8 heteroatoms. The van der Waals surface area contributed by atoms with Gasteiger partial charge in [-0.05, 0) is 19.1 Å². The van der Waals surface area contributed by atoms with Crippen molar-refractivity contribution in [3.05, 3.63) is 23.8 Å². The summed E-state index contributed by atoms with van der Waals surface area (Å²) in [4.78, 5) is 0. The largest absolute Gasteiger partial charge is 0.487 e. The molecular weight excluding hydrogens is 270 g/mol. The van der Waals surface area contributed by atoms with E-state index < -0.39 is 10.2 Å². The average molecular weight is 285 g/mol. The number of amidine groups is 1. The Morgan fingerprint density at radius 1 is 1.47 bits per heavy atom. The molecule has 0 aliphatic carbocycles. The number of ether oxygens (including phenoxy) is 2. The van der Waals surface area contributed by atoms with Crippen LogP contribution in [-0.2, 0) is 14.9 Å². The fraction of sp³-hybridized carbons (Fsp3) is 0.364. The minimum atomic E-state index is -3.77. The predicted octanol–water partition coefficient (Wildman–Crippen LogP) is 0.476. The molecule has 1 aliphatic heterocycles. The summed E-state index contributed by atoms with van der Waals surface area (Å²) in [5, 5.41) is 0. The third-order valence-corrected chi connectivity index (χ3v) is 3.38. The lowest BCUT2D eigenvalue weighted by atomic mass is 10.1. The van der Waals surface area contributed by atoms with Crippen molar-refractivity contribution >= 4 is 21.7 Å². The van der Waals surface area contributed by atoms with E-state index in [0.29, 0.717) is 23.6 Å². The lowest BCUT2D eigenvalue weighted by molar-refractivity contribution is 0.0920. The molecule has 0 saturated heterocycles. The fourth-order valence-corrected chi connectivity index (χ4v) is 2.64. The van der Waals surface area contributed by atoms with Gasteiger partial charge in [-0.3, -0.25) is 4.72 Å². The molecule has 0 saturated carbocycles. The number of fused-ring (bicyclic) bond motifs is 1. The predicted molar refractivity (Wildman–Crippen MR) is 71.7 cm³/mol. The second-order valence-electron chi connectivity index (χ2n) is 4.12. The topological polar surface area (TPSA) is 103 Å². The third kappa shape index (κ3) is 2.96. The summed E-state index contributed by atoms with van der Waals surface area (Å²) in [7, 11) is -2.19. The number of benzene rings is 1. The molecule has 0 radical (unpaired) electrons. The standard InChI is InChI=1S/C11H15N3O4S/c1-7(6-17-2)18-9-5-3-4-8-10(9)11(12)14-19(15,16)13-8/h3-5,7,13H,6H2,1-2H3,(H2,12,14). The lowest BCUT2D eigenvalue weighted by Crippen LogP contribution is -2.28. The minimum Gasteiger partial charge on any atom is -0.487 e. The highest BCUT2D eigenvalue weighted by Gasteiger charge is 2.24. The highest BCUT2D eigenvalue weighted by molar-refractivity contribution is 7.91. The van der Waals surface area contributed by atoms with Gasteiger partial charge in [-0.1, -0.05) is 6.07 Å². The number of rotatable bonds is 4. The zero-order valence-corrected chi connectivity index (χ0v) is 11.4. The highest BCUT2D eigenvalue weighted by Crippen LogP contribution is 2.30. The van der Waals surface area contributed by atoms with Gasteiger partial charge in [0.1, 0.15) is 11.9 Å². The summed E-state index contributed by atoms with van der Waals surface area (Å²) in [6.07, 6.45) is -0.192. The van der Waals surface area contributed by atoms with Gasteiger partial charge in [-0.2, -0.15) is 8.42 Å². The van der Waals surface area contributed by atoms with Crippen LogP contribution in [0, 0.1) is 0 Å². The van der Waals surface area contributed by atoms with Crippen LogP contribution < -0.4 is 15.2 Å². The van der Waals surface area contributed by atoms with E-state index in [1.807, 2.05) is 6.92 Å². The molecule has 7 nitrogen and oxygen atoms in total. The van der Waals surface area contributed by atoms with E-state index in [-0.39, 0.29) is 11.9 Å². The van der Waals surface area contributed by atoms with Gasteiger partial charge in [-0.15, -0.1) is 4.40 Å². The first-order chi connectivity index (χ1) is 8.93. The number of nitrogens with zero attached hydrogens (tertiary/aromatic N) is 1.